The third-order valence-corrected chi connectivity index (χ3v) is 4.54. The van der Waals surface area contributed by atoms with Crippen molar-refractivity contribution in [3.05, 3.63) is 94.6 Å². The SMILES string of the molecule is Cc1cc(C)n(Cc2ccccc2F)c1C(=O)NCCc1ccccc1. The van der Waals surface area contributed by atoms with Gasteiger partial charge in [-0.15, -0.1) is 0 Å². The van der Waals surface area contributed by atoms with Crippen LogP contribution in [0.5, 0.6) is 0 Å². The molecule has 0 aliphatic rings. The van der Waals surface area contributed by atoms with Crippen molar-refractivity contribution >= 4 is 5.91 Å². The summed E-state index contributed by atoms with van der Waals surface area (Å²) in [5.41, 5.74) is 4.20. The van der Waals surface area contributed by atoms with Gasteiger partial charge in [0, 0.05) is 17.8 Å². The number of hydrogen-bond acceptors (Lipinski definition) is 1. The minimum absolute atomic E-state index is 0.122. The van der Waals surface area contributed by atoms with E-state index in [0.717, 1.165) is 17.7 Å². The van der Waals surface area contributed by atoms with Gasteiger partial charge < -0.3 is 9.88 Å². The molecule has 0 bridgehead atoms. The Hall–Kier alpha value is -2.88. The zero-order valence-electron chi connectivity index (χ0n) is 15.1. The Balaban J connectivity index is 1.74. The highest BCUT2D eigenvalue weighted by atomic mass is 19.1. The number of aromatic nitrogens is 1. The lowest BCUT2D eigenvalue weighted by Crippen LogP contribution is -2.29. The quantitative estimate of drug-likeness (QED) is 0.708. The van der Waals surface area contributed by atoms with Crippen molar-refractivity contribution in [3.8, 4) is 0 Å². The van der Waals surface area contributed by atoms with Crippen LogP contribution in [0, 0.1) is 19.7 Å². The fraction of sp³-hybridized carbons (Fsp3) is 0.227. The Bertz CT molecular complexity index is 900. The maximum Gasteiger partial charge on any atom is 0.268 e. The number of aryl methyl sites for hydroxylation is 2. The largest absolute Gasteiger partial charge is 0.350 e. The van der Waals surface area contributed by atoms with Gasteiger partial charge in [0.2, 0.25) is 0 Å². The predicted molar refractivity (Wildman–Crippen MR) is 102 cm³/mol. The molecule has 0 atom stereocenters. The van der Waals surface area contributed by atoms with E-state index in [1.54, 1.807) is 12.1 Å². The maximum absolute atomic E-state index is 14.0. The number of hydrogen-bond donors (Lipinski definition) is 1. The summed E-state index contributed by atoms with van der Waals surface area (Å²) in [6, 6.07) is 18.7. The summed E-state index contributed by atoms with van der Waals surface area (Å²) in [4.78, 5) is 12.7. The average Bonchev–Trinajstić information content (AvgIpc) is 2.91. The van der Waals surface area contributed by atoms with Crippen LogP contribution >= 0.6 is 0 Å². The van der Waals surface area contributed by atoms with E-state index in [2.05, 4.69) is 5.32 Å². The average molecular weight is 350 g/mol. The van der Waals surface area contributed by atoms with E-state index in [1.807, 2.05) is 60.9 Å². The number of amides is 1. The molecule has 0 aliphatic heterocycles. The van der Waals surface area contributed by atoms with Crippen LogP contribution in [0.25, 0.3) is 0 Å². The van der Waals surface area contributed by atoms with Crippen LogP contribution in [0.15, 0.2) is 60.7 Å². The van der Waals surface area contributed by atoms with Gasteiger partial charge in [-0.2, -0.15) is 0 Å². The summed E-state index contributed by atoms with van der Waals surface area (Å²) in [5.74, 6) is -0.378. The Kier molecular flexibility index (Phi) is 5.52. The van der Waals surface area contributed by atoms with Gasteiger partial charge >= 0.3 is 0 Å². The van der Waals surface area contributed by atoms with Gasteiger partial charge in [-0.05, 0) is 43.5 Å². The smallest absolute Gasteiger partial charge is 0.268 e. The van der Waals surface area contributed by atoms with Gasteiger partial charge in [0.25, 0.3) is 5.91 Å². The molecule has 0 saturated heterocycles. The van der Waals surface area contributed by atoms with Crippen LogP contribution in [0.1, 0.15) is 32.9 Å². The third kappa shape index (κ3) is 4.02. The van der Waals surface area contributed by atoms with E-state index in [1.165, 1.54) is 11.6 Å². The summed E-state index contributed by atoms with van der Waals surface area (Å²) in [5, 5.41) is 2.99. The van der Waals surface area contributed by atoms with Crippen molar-refractivity contribution in [3.63, 3.8) is 0 Å². The maximum atomic E-state index is 14.0. The topological polar surface area (TPSA) is 34.0 Å². The molecule has 3 rings (SSSR count). The van der Waals surface area contributed by atoms with Crippen molar-refractivity contribution in [2.75, 3.05) is 6.54 Å². The molecule has 4 heteroatoms. The van der Waals surface area contributed by atoms with Crippen LogP contribution in [-0.2, 0) is 13.0 Å². The van der Waals surface area contributed by atoms with Gasteiger partial charge in [0.1, 0.15) is 11.5 Å². The van der Waals surface area contributed by atoms with Crippen LogP contribution in [0.2, 0.25) is 0 Å². The van der Waals surface area contributed by atoms with Crippen molar-refractivity contribution in [2.24, 2.45) is 0 Å². The Morgan fingerprint density at radius 1 is 1.04 bits per heavy atom. The molecule has 134 valence electrons. The molecule has 1 heterocycles. The zero-order chi connectivity index (χ0) is 18.5. The molecule has 0 radical (unpaired) electrons. The number of carbonyl (C=O) groups excluding carboxylic acids is 1. The van der Waals surface area contributed by atoms with Crippen molar-refractivity contribution in [1.29, 1.82) is 0 Å². The van der Waals surface area contributed by atoms with Crippen molar-refractivity contribution in [2.45, 2.75) is 26.8 Å². The van der Waals surface area contributed by atoms with Crippen molar-refractivity contribution < 1.29 is 9.18 Å². The summed E-state index contributed by atoms with van der Waals surface area (Å²) in [6.45, 7) is 4.76. The molecule has 26 heavy (non-hydrogen) atoms. The number of halogens is 1. The first kappa shape index (κ1) is 17.9. The van der Waals surface area contributed by atoms with E-state index < -0.39 is 0 Å². The third-order valence-electron chi connectivity index (χ3n) is 4.54. The Morgan fingerprint density at radius 2 is 1.73 bits per heavy atom. The van der Waals surface area contributed by atoms with Gasteiger partial charge in [-0.25, -0.2) is 4.39 Å². The minimum atomic E-state index is -0.256. The highest BCUT2D eigenvalue weighted by Crippen LogP contribution is 2.18. The van der Waals surface area contributed by atoms with E-state index in [0.29, 0.717) is 24.3 Å². The molecular formula is C22H23FN2O. The second-order valence-electron chi connectivity index (χ2n) is 6.49. The van der Waals surface area contributed by atoms with Gasteiger partial charge in [-0.3, -0.25) is 4.79 Å². The molecule has 3 aromatic rings. The Labute approximate surface area is 153 Å². The molecular weight excluding hydrogens is 327 g/mol. The lowest BCUT2D eigenvalue weighted by Gasteiger charge is -2.13. The monoisotopic (exact) mass is 350 g/mol. The van der Waals surface area contributed by atoms with Crippen LogP contribution in [0.3, 0.4) is 0 Å². The van der Waals surface area contributed by atoms with Gasteiger partial charge in [-0.1, -0.05) is 48.5 Å². The first-order valence-corrected chi connectivity index (χ1v) is 8.78. The van der Waals surface area contributed by atoms with E-state index in [9.17, 15) is 9.18 Å². The Morgan fingerprint density at radius 3 is 2.46 bits per heavy atom. The lowest BCUT2D eigenvalue weighted by atomic mass is 10.1. The number of nitrogens with zero attached hydrogens (tertiary/aromatic N) is 1. The fourth-order valence-electron chi connectivity index (χ4n) is 3.20. The highest BCUT2D eigenvalue weighted by molar-refractivity contribution is 5.94. The lowest BCUT2D eigenvalue weighted by molar-refractivity contribution is 0.0944. The first-order valence-electron chi connectivity index (χ1n) is 8.78. The highest BCUT2D eigenvalue weighted by Gasteiger charge is 2.18. The standard InChI is InChI=1S/C22H23FN2O/c1-16-14-17(2)25(15-19-10-6-7-11-20(19)23)21(16)22(26)24-13-12-18-8-4-3-5-9-18/h3-11,14H,12-13,15H2,1-2H3,(H,24,26). The van der Waals surface area contributed by atoms with Gasteiger partial charge in [0.05, 0.1) is 6.54 Å². The fourth-order valence-corrected chi connectivity index (χ4v) is 3.20. The van der Waals surface area contributed by atoms with Crippen LogP contribution in [0.4, 0.5) is 4.39 Å². The molecule has 1 N–H and O–H groups in total. The molecule has 0 aliphatic carbocycles. The van der Waals surface area contributed by atoms with E-state index >= 15 is 0 Å². The number of nitrogens with one attached hydrogen (secondary N) is 1. The molecule has 0 saturated carbocycles. The number of rotatable bonds is 6. The molecule has 0 fully saturated rings. The molecule has 3 nitrogen and oxygen atoms in total. The molecule has 0 spiro atoms. The van der Waals surface area contributed by atoms with E-state index in [-0.39, 0.29) is 11.7 Å². The minimum Gasteiger partial charge on any atom is -0.350 e. The predicted octanol–water partition coefficient (Wildman–Crippen LogP) is 4.26. The normalized spacial score (nSPS) is 10.7. The van der Waals surface area contributed by atoms with Crippen molar-refractivity contribution in [1.82, 2.24) is 9.88 Å². The summed E-state index contributed by atoms with van der Waals surface area (Å²) in [7, 11) is 0. The molecule has 1 aromatic heterocycles. The summed E-state index contributed by atoms with van der Waals surface area (Å²) >= 11 is 0. The van der Waals surface area contributed by atoms with E-state index in [4.69, 9.17) is 0 Å². The molecule has 0 unspecified atom stereocenters. The van der Waals surface area contributed by atoms with Gasteiger partial charge in [0.15, 0.2) is 0 Å². The summed E-state index contributed by atoms with van der Waals surface area (Å²) < 4.78 is 15.9. The second-order valence-corrected chi connectivity index (χ2v) is 6.49. The number of carbonyl (C=O) groups is 1. The summed E-state index contributed by atoms with van der Waals surface area (Å²) in [6.07, 6.45) is 0.776. The van der Waals surface area contributed by atoms with Crippen LogP contribution < -0.4 is 5.32 Å². The zero-order valence-corrected chi connectivity index (χ0v) is 15.1. The molecule has 1 amide bonds. The first-order chi connectivity index (χ1) is 12.6. The number of benzene rings is 2. The van der Waals surface area contributed by atoms with Crippen LogP contribution in [-0.4, -0.2) is 17.0 Å². The second kappa shape index (κ2) is 8.00. The molecule has 2 aromatic carbocycles.